The van der Waals surface area contributed by atoms with Gasteiger partial charge in [-0.25, -0.2) is 0 Å². The third kappa shape index (κ3) is 8.26. The van der Waals surface area contributed by atoms with E-state index in [1.807, 2.05) is 0 Å². The van der Waals surface area contributed by atoms with Crippen molar-refractivity contribution in [3.8, 4) is 0 Å². The van der Waals surface area contributed by atoms with E-state index < -0.39 is 0 Å². The van der Waals surface area contributed by atoms with Gasteiger partial charge in [0.2, 0.25) is 0 Å². The summed E-state index contributed by atoms with van der Waals surface area (Å²) in [6, 6.07) is 0. The summed E-state index contributed by atoms with van der Waals surface area (Å²) in [6.45, 7) is 10.2. The normalized spacial score (nSPS) is 15.7. The van der Waals surface area contributed by atoms with Crippen LogP contribution in [0.15, 0.2) is 0 Å². The molecule has 0 fully saturated rings. The fourth-order valence-corrected chi connectivity index (χ4v) is 1.24. The minimum atomic E-state index is 0.326. The molecule has 0 aromatic heterocycles. The predicted octanol–water partition coefficient (Wildman–Crippen LogP) is 3.01. The van der Waals surface area contributed by atoms with Gasteiger partial charge in [0.05, 0.1) is 12.2 Å². The Morgan fingerprint density at radius 2 is 1.23 bits per heavy atom. The van der Waals surface area contributed by atoms with Gasteiger partial charge in [0.25, 0.3) is 0 Å². The van der Waals surface area contributed by atoms with E-state index in [0.717, 1.165) is 32.5 Å². The predicted molar refractivity (Wildman–Crippen MR) is 56.0 cm³/mol. The first-order valence-electron chi connectivity index (χ1n) is 5.43. The highest BCUT2D eigenvalue weighted by Gasteiger charge is 2.08. The van der Waals surface area contributed by atoms with Gasteiger partial charge in [0.15, 0.2) is 0 Å². The second-order valence-corrected chi connectivity index (χ2v) is 3.60. The van der Waals surface area contributed by atoms with E-state index in [4.69, 9.17) is 9.47 Å². The van der Waals surface area contributed by atoms with Gasteiger partial charge in [0, 0.05) is 13.2 Å². The van der Waals surface area contributed by atoms with Crippen LogP contribution in [-0.4, -0.2) is 25.4 Å². The Balaban J connectivity index is 3.35. The third-order valence-corrected chi connectivity index (χ3v) is 1.88. The van der Waals surface area contributed by atoms with Gasteiger partial charge in [-0.2, -0.15) is 0 Å². The van der Waals surface area contributed by atoms with Gasteiger partial charge >= 0.3 is 0 Å². The monoisotopic (exact) mass is 188 g/mol. The number of hydrogen-bond donors (Lipinski definition) is 0. The summed E-state index contributed by atoms with van der Waals surface area (Å²) < 4.78 is 11.1. The maximum Gasteiger partial charge on any atom is 0.0571 e. The van der Waals surface area contributed by atoms with Crippen LogP contribution in [0.4, 0.5) is 0 Å². The lowest BCUT2D eigenvalue weighted by molar-refractivity contribution is -0.00238. The molecule has 2 nitrogen and oxygen atoms in total. The standard InChI is InChI=1S/C11H24O2/c1-5-7-12-10(3)9-11(4)13-8-6-2/h10-11H,5-9H2,1-4H3. The Morgan fingerprint density at radius 3 is 1.54 bits per heavy atom. The Bertz CT molecular complexity index is 92.3. The first kappa shape index (κ1) is 12.9. The van der Waals surface area contributed by atoms with Crippen molar-refractivity contribution < 1.29 is 9.47 Å². The van der Waals surface area contributed by atoms with Crippen molar-refractivity contribution in [3.63, 3.8) is 0 Å². The van der Waals surface area contributed by atoms with Crippen molar-refractivity contribution >= 4 is 0 Å². The van der Waals surface area contributed by atoms with Gasteiger partial charge < -0.3 is 9.47 Å². The molecular formula is C11H24O2. The van der Waals surface area contributed by atoms with Gasteiger partial charge in [-0.05, 0) is 33.1 Å². The first-order chi connectivity index (χ1) is 6.20. The average Bonchev–Trinajstić information content (AvgIpc) is 2.11. The van der Waals surface area contributed by atoms with Gasteiger partial charge in [-0.1, -0.05) is 13.8 Å². The second kappa shape index (κ2) is 8.52. The topological polar surface area (TPSA) is 18.5 Å². The summed E-state index contributed by atoms with van der Waals surface area (Å²) in [4.78, 5) is 0. The summed E-state index contributed by atoms with van der Waals surface area (Å²) >= 11 is 0. The highest BCUT2D eigenvalue weighted by molar-refractivity contribution is 4.57. The molecule has 0 aromatic carbocycles. The average molecular weight is 188 g/mol. The molecule has 2 heteroatoms. The Kier molecular flexibility index (Phi) is 8.46. The van der Waals surface area contributed by atoms with Crippen LogP contribution in [0.3, 0.4) is 0 Å². The molecule has 13 heavy (non-hydrogen) atoms. The van der Waals surface area contributed by atoms with Crippen LogP contribution >= 0.6 is 0 Å². The summed E-state index contributed by atoms with van der Waals surface area (Å²) in [5.41, 5.74) is 0. The van der Waals surface area contributed by atoms with E-state index in [1.165, 1.54) is 0 Å². The third-order valence-electron chi connectivity index (χ3n) is 1.88. The number of ether oxygens (including phenoxy) is 2. The van der Waals surface area contributed by atoms with Crippen LogP contribution in [0.2, 0.25) is 0 Å². The molecule has 0 rings (SSSR count). The molecule has 0 radical (unpaired) electrons. The first-order valence-corrected chi connectivity index (χ1v) is 5.43. The fraction of sp³-hybridized carbons (Fsp3) is 1.00. The molecule has 0 aliphatic heterocycles. The van der Waals surface area contributed by atoms with Crippen LogP contribution in [-0.2, 0) is 9.47 Å². The summed E-state index contributed by atoms with van der Waals surface area (Å²) in [7, 11) is 0. The van der Waals surface area contributed by atoms with Crippen LogP contribution in [0.25, 0.3) is 0 Å². The van der Waals surface area contributed by atoms with Crippen LogP contribution in [0.1, 0.15) is 47.0 Å². The van der Waals surface area contributed by atoms with E-state index in [9.17, 15) is 0 Å². The molecule has 0 spiro atoms. The summed E-state index contributed by atoms with van der Waals surface area (Å²) in [5.74, 6) is 0. The zero-order chi connectivity index (χ0) is 10.1. The molecule has 0 aliphatic rings. The summed E-state index contributed by atoms with van der Waals surface area (Å²) in [6.07, 6.45) is 3.84. The quantitative estimate of drug-likeness (QED) is 0.583. The van der Waals surface area contributed by atoms with Crippen molar-refractivity contribution in [2.75, 3.05) is 13.2 Å². The lowest BCUT2D eigenvalue weighted by Gasteiger charge is -2.17. The van der Waals surface area contributed by atoms with Crippen molar-refractivity contribution in [2.45, 2.75) is 59.2 Å². The van der Waals surface area contributed by atoms with Crippen LogP contribution in [0.5, 0.6) is 0 Å². The zero-order valence-electron chi connectivity index (χ0n) is 9.51. The Morgan fingerprint density at radius 1 is 0.846 bits per heavy atom. The minimum absolute atomic E-state index is 0.326. The molecule has 0 heterocycles. The lowest BCUT2D eigenvalue weighted by atomic mass is 10.2. The van der Waals surface area contributed by atoms with Crippen molar-refractivity contribution in [2.24, 2.45) is 0 Å². The minimum Gasteiger partial charge on any atom is -0.378 e. The maximum atomic E-state index is 5.56. The molecule has 2 unspecified atom stereocenters. The van der Waals surface area contributed by atoms with Crippen molar-refractivity contribution in [3.05, 3.63) is 0 Å². The molecule has 0 amide bonds. The fourth-order valence-electron chi connectivity index (χ4n) is 1.24. The highest BCUT2D eigenvalue weighted by atomic mass is 16.5. The molecule has 2 atom stereocenters. The molecule has 0 aliphatic carbocycles. The van der Waals surface area contributed by atoms with Crippen molar-refractivity contribution in [1.29, 1.82) is 0 Å². The van der Waals surface area contributed by atoms with Gasteiger partial charge in [-0.3, -0.25) is 0 Å². The van der Waals surface area contributed by atoms with E-state index in [1.54, 1.807) is 0 Å². The zero-order valence-corrected chi connectivity index (χ0v) is 9.51. The molecule has 80 valence electrons. The molecule has 0 aromatic rings. The molecule has 0 saturated carbocycles. The lowest BCUT2D eigenvalue weighted by Crippen LogP contribution is -2.19. The maximum absolute atomic E-state index is 5.56. The molecule has 0 saturated heterocycles. The van der Waals surface area contributed by atoms with Gasteiger partial charge in [0.1, 0.15) is 0 Å². The number of rotatable bonds is 8. The molecular weight excluding hydrogens is 164 g/mol. The Labute approximate surface area is 82.6 Å². The van der Waals surface area contributed by atoms with Crippen LogP contribution in [0, 0.1) is 0 Å². The van der Waals surface area contributed by atoms with E-state index in [2.05, 4.69) is 27.7 Å². The highest BCUT2D eigenvalue weighted by Crippen LogP contribution is 2.06. The smallest absolute Gasteiger partial charge is 0.0571 e. The van der Waals surface area contributed by atoms with E-state index in [0.29, 0.717) is 12.2 Å². The SMILES string of the molecule is CCCOC(C)CC(C)OCCC. The van der Waals surface area contributed by atoms with Crippen LogP contribution < -0.4 is 0 Å². The molecule has 0 bridgehead atoms. The van der Waals surface area contributed by atoms with Gasteiger partial charge in [-0.15, -0.1) is 0 Å². The van der Waals surface area contributed by atoms with Crippen molar-refractivity contribution in [1.82, 2.24) is 0 Å². The largest absolute Gasteiger partial charge is 0.378 e. The summed E-state index contributed by atoms with van der Waals surface area (Å²) in [5, 5.41) is 0. The second-order valence-electron chi connectivity index (χ2n) is 3.60. The number of hydrogen-bond acceptors (Lipinski definition) is 2. The molecule has 0 N–H and O–H groups in total. The van der Waals surface area contributed by atoms with E-state index >= 15 is 0 Å². The Hall–Kier alpha value is -0.0800. The van der Waals surface area contributed by atoms with E-state index in [-0.39, 0.29) is 0 Å².